The van der Waals surface area contributed by atoms with Crippen LogP contribution in [0.1, 0.15) is 23.2 Å². The van der Waals surface area contributed by atoms with E-state index in [9.17, 15) is 14.0 Å². The molecule has 0 saturated carbocycles. The lowest BCUT2D eigenvalue weighted by atomic mass is 9.96. The maximum Gasteiger partial charge on any atom is 0.306 e. The summed E-state index contributed by atoms with van der Waals surface area (Å²) in [5.74, 6) is -2.26. The highest BCUT2D eigenvalue weighted by Crippen LogP contribution is 2.25. The molecule has 1 saturated heterocycles. The number of amides is 1. The van der Waals surface area contributed by atoms with Gasteiger partial charge in [0.25, 0.3) is 5.91 Å². The van der Waals surface area contributed by atoms with Crippen LogP contribution in [-0.2, 0) is 4.79 Å². The minimum atomic E-state index is -0.842. The maximum absolute atomic E-state index is 14.5. The molecule has 1 heterocycles. The first-order chi connectivity index (χ1) is 12.0. The molecule has 0 unspecified atom stereocenters. The van der Waals surface area contributed by atoms with Crippen LogP contribution in [0, 0.1) is 11.7 Å². The molecule has 25 heavy (non-hydrogen) atoms. The molecule has 0 aliphatic carbocycles. The van der Waals surface area contributed by atoms with Crippen LogP contribution in [0.25, 0.3) is 11.1 Å². The van der Waals surface area contributed by atoms with Gasteiger partial charge in [-0.15, -0.1) is 0 Å². The van der Waals surface area contributed by atoms with Crippen LogP contribution >= 0.6 is 11.6 Å². The van der Waals surface area contributed by atoms with Crippen LogP contribution in [0.5, 0.6) is 0 Å². The van der Waals surface area contributed by atoms with Gasteiger partial charge in [0.2, 0.25) is 0 Å². The molecular weight excluding hydrogens is 345 g/mol. The Morgan fingerprint density at radius 1 is 1.04 bits per heavy atom. The third kappa shape index (κ3) is 3.82. The summed E-state index contributed by atoms with van der Waals surface area (Å²) in [6, 6.07) is 11.5. The molecule has 1 N–H and O–H groups in total. The van der Waals surface area contributed by atoms with Gasteiger partial charge in [0, 0.05) is 18.1 Å². The molecule has 2 aromatic rings. The molecule has 0 atom stereocenters. The Morgan fingerprint density at radius 2 is 1.64 bits per heavy atom. The summed E-state index contributed by atoms with van der Waals surface area (Å²) in [5.41, 5.74) is 1.48. The molecule has 1 aliphatic rings. The van der Waals surface area contributed by atoms with Gasteiger partial charge in [-0.2, -0.15) is 0 Å². The SMILES string of the molecule is O=C(O)C1CCN(C(=O)c2ccc(-c3ccc(Cl)cc3)cc2F)CC1. The quantitative estimate of drug-likeness (QED) is 0.896. The van der Waals surface area contributed by atoms with Crippen LogP contribution in [0.15, 0.2) is 42.5 Å². The second kappa shape index (κ2) is 7.23. The standard InChI is InChI=1S/C19H17ClFNO3/c20-15-4-1-12(2-5-15)14-3-6-16(17(21)11-14)18(23)22-9-7-13(8-10-22)19(24)25/h1-6,11,13H,7-10H2,(H,24,25). The van der Waals surface area contributed by atoms with Gasteiger partial charge in [0.05, 0.1) is 11.5 Å². The lowest BCUT2D eigenvalue weighted by Crippen LogP contribution is -2.40. The third-order valence-corrected chi connectivity index (χ3v) is 4.76. The molecule has 1 amide bonds. The summed E-state index contributed by atoms with van der Waals surface area (Å²) in [4.78, 5) is 25.0. The predicted octanol–water partition coefficient (Wildman–Crippen LogP) is 4.08. The van der Waals surface area contributed by atoms with E-state index in [-0.39, 0.29) is 5.56 Å². The first-order valence-electron chi connectivity index (χ1n) is 8.03. The second-order valence-corrected chi connectivity index (χ2v) is 6.54. The number of carboxylic acid groups (broad SMARTS) is 1. The van der Waals surface area contributed by atoms with Gasteiger partial charge in [0.1, 0.15) is 5.82 Å². The van der Waals surface area contributed by atoms with Crippen LogP contribution in [0.2, 0.25) is 5.02 Å². The molecule has 0 spiro atoms. The zero-order valence-corrected chi connectivity index (χ0v) is 14.2. The molecule has 130 valence electrons. The lowest BCUT2D eigenvalue weighted by molar-refractivity contribution is -0.143. The number of piperidine rings is 1. The van der Waals surface area contributed by atoms with E-state index in [1.54, 1.807) is 30.3 Å². The van der Waals surface area contributed by atoms with E-state index in [2.05, 4.69) is 0 Å². The van der Waals surface area contributed by atoms with E-state index < -0.39 is 23.6 Å². The Hall–Kier alpha value is -2.40. The van der Waals surface area contributed by atoms with Crippen molar-refractivity contribution in [3.63, 3.8) is 0 Å². The van der Waals surface area contributed by atoms with Gasteiger partial charge in [0.15, 0.2) is 0 Å². The number of nitrogens with zero attached hydrogens (tertiary/aromatic N) is 1. The van der Waals surface area contributed by atoms with Crippen LogP contribution in [-0.4, -0.2) is 35.0 Å². The Labute approximate surface area is 149 Å². The first-order valence-corrected chi connectivity index (χ1v) is 8.41. The number of benzene rings is 2. The smallest absolute Gasteiger partial charge is 0.306 e. The lowest BCUT2D eigenvalue weighted by Gasteiger charge is -2.30. The summed E-state index contributed by atoms with van der Waals surface area (Å²) in [7, 11) is 0. The molecule has 0 radical (unpaired) electrons. The van der Waals surface area contributed by atoms with Crippen LogP contribution in [0.4, 0.5) is 4.39 Å². The topological polar surface area (TPSA) is 57.6 Å². The van der Waals surface area contributed by atoms with E-state index in [1.165, 1.54) is 17.0 Å². The number of carboxylic acids is 1. The van der Waals surface area contributed by atoms with Crippen molar-refractivity contribution in [3.8, 4) is 11.1 Å². The van der Waals surface area contributed by atoms with E-state index >= 15 is 0 Å². The molecule has 6 heteroatoms. The first kappa shape index (κ1) is 17.4. The molecule has 0 bridgehead atoms. The van der Waals surface area contributed by atoms with Gasteiger partial charge in [-0.3, -0.25) is 9.59 Å². The molecule has 1 fully saturated rings. The highest BCUT2D eigenvalue weighted by molar-refractivity contribution is 6.30. The predicted molar refractivity (Wildman–Crippen MR) is 93.1 cm³/mol. The number of hydrogen-bond donors (Lipinski definition) is 1. The summed E-state index contributed by atoms with van der Waals surface area (Å²) in [5, 5.41) is 9.61. The Morgan fingerprint density at radius 3 is 2.20 bits per heavy atom. The van der Waals surface area contributed by atoms with Crippen LogP contribution in [0.3, 0.4) is 0 Å². The Bertz CT molecular complexity index is 799. The molecule has 1 aliphatic heterocycles. The maximum atomic E-state index is 14.5. The summed E-state index contributed by atoms with van der Waals surface area (Å²) in [6.07, 6.45) is 0.789. The third-order valence-electron chi connectivity index (χ3n) is 4.51. The minimum absolute atomic E-state index is 0.00601. The Balaban J connectivity index is 1.76. The fourth-order valence-corrected chi connectivity index (χ4v) is 3.14. The van der Waals surface area contributed by atoms with Crippen LogP contribution < -0.4 is 0 Å². The summed E-state index contributed by atoms with van der Waals surface area (Å²) >= 11 is 5.85. The van der Waals surface area contributed by atoms with E-state index in [0.717, 1.165) is 5.56 Å². The average molecular weight is 362 g/mol. The van der Waals surface area contributed by atoms with Gasteiger partial charge in [-0.25, -0.2) is 4.39 Å². The van der Waals surface area contributed by atoms with Gasteiger partial charge in [-0.05, 0) is 48.2 Å². The van der Waals surface area contributed by atoms with Crippen molar-refractivity contribution in [2.75, 3.05) is 13.1 Å². The van der Waals surface area contributed by atoms with E-state index in [0.29, 0.717) is 36.5 Å². The number of aliphatic carboxylic acids is 1. The zero-order chi connectivity index (χ0) is 18.0. The van der Waals surface area contributed by atoms with Crippen molar-refractivity contribution in [2.45, 2.75) is 12.8 Å². The van der Waals surface area contributed by atoms with Crippen molar-refractivity contribution in [2.24, 2.45) is 5.92 Å². The molecular formula is C19H17ClFNO3. The van der Waals surface area contributed by atoms with Gasteiger partial charge >= 0.3 is 5.97 Å². The van der Waals surface area contributed by atoms with Crippen molar-refractivity contribution in [3.05, 3.63) is 58.9 Å². The average Bonchev–Trinajstić information content (AvgIpc) is 2.62. The van der Waals surface area contributed by atoms with E-state index in [4.69, 9.17) is 16.7 Å². The molecule has 3 rings (SSSR count). The van der Waals surface area contributed by atoms with Crippen molar-refractivity contribution in [1.29, 1.82) is 0 Å². The number of hydrogen-bond acceptors (Lipinski definition) is 2. The number of rotatable bonds is 3. The highest BCUT2D eigenvalue weighted by Gasteiger charge is 2.28. The highest BCUT2D eigenvalue weighted by atomic mass is 35.5. The second-order valence-electron chi connectivity index (χ2n) is 6.11. The fraction of sp³-hybridized carbons (Fsp3) is 0.263. The fourth-order valence-electron chi connectivity index (χ4n) is 3.01. The van der Waals surface area contributed by atoms with Crippen molar-refractivity contribution in [1.82, 2.24) is 4.90 Å². The minimum Gasteiger partial charge on any atom is -0.481 e. The summed E-state index contributed by atoms with van der Waals surface area (Å²) in [6.45, 7) is 0.655. The largest absolute Gasteiger partial charge is 0.481 e. The Kier molecular flexibility index (Phi) is 5.04. The molecule has 2 aromatic carbocycles. The van der Waals surface area contributed by atoms with E-state index in [1.807, 2.05) is 0 Å². The number of halogens is 2. The van der Waals surface area contributed by atoms with Gasteiger partial charge < -0.3 is 10.0 Å². The number of carbonyl (C=O) groups is 2. The zero-order valence-electron chi connectivity index (χ0n) is 13.4. The summed E-state index contributed by atoms with van der Waals surface area (Å²) < 4.78 is 14.5. The number of likely N-dealkylation sites (tertiary alicyclic amines) is 1. The van der Waals surface area contributed by atoms with Crippen molar-refractivity contribution < 1.29 is 19.1 Å². The monoisotopic (exact) mass is 361 g/mol. The van der Waals surface area contributed by atoms with Gasteiger partial charge in [-0.1, -0.05) is 29.8 Å². The molecule has 4 nitrogen and oxygen atoms in total. The number of carbonyl (C=O) groups excluding carboxylic acids is 1. The normalized spacial score (nSPS) is 15.2. The molecule has 0 aromatic heterocycles. The van der Waals surface area contributed by atoms with Crippen molar-refractivity contribution >= 4 is 23.5 Å².